The molecule has 2 aromatic carbocycles. The Kier molecular flexibility index (Phi) is 7.80. The molecule has 2 heterocycles. The van der Waals surface area contributed by atoms with Crippen LogP contribution in [-0.4, -0.2) is 53.8 Å². The number of aryl methyl sites for hydroxylation is 1. The lowest BCUT2D eigenvalue weighted by atomic mass is 9.98. The number of hydrogen-bond donors (Lipinski definition) is 0. The first-order valence-electron chi connectivity index (χ1n) is 11.6. The summed E-state index contributed by atoms with van der Waals surface area (Å²) in [6.45, 7) is 4.98. The predicted octanol–water partition coefficient (Wildman–Crippen LogP) is 5.00. The average Bonchev–Trinajstić information content (AvgIpc) is 3.30. The summed E-state index contributed by atoms with van der Waals surface area (Å²) in [6, 6.07) is 16.1. The highest BCUT2D eigenvalue weighted by Crippen LogP contribution is 2.24. The number of carbonyl (C=O) groups is 1. The van der Waals surface area contributed by atoms with Crippen molar-refractivity contribution >= 4 is 17.4 Å². The van der Waals surface area contributed by atoms with Gasteiger partial charge in [-0.05, 0) is 68.4 Å². The number of pyridine rings is 1. The summed E-state index contributed by atoms with van der Waals surface area (Å²) in [5, 5.41) is 0.727. The lowest BCUT2D eigenvalue weighted by Gasteiger charge is -2.20. The highest BCUT2D eigenvalue weighted by molar-refractivity contribution is 6.31. The Bertz CT molecular complexity index is 1230. The molecule has 34 heavy (non-hydrogen) atoms. The van der Waals surface area contributed by atoms with Crippen molar-refractivity contribution in [2.75, 3.05) is 27.2 Å². The molecular weight excluding hydrogens is 442 g/mol. The highest BCUT2D eigenvalue weighted by atomic mass is 35.5. The van der Waals surface area contributed by atoms with Gasteiger partial charge in [-0.2, -0.15) is 0 Å². The van der Waals surface area contributed by atoms with E-state index in [1.807, 2.05) is 49.4 Å². The third-order valence-corrected chi connectivity index (χ3v) is 6.77. The van der Waals surface area contributed by atoms with Crippen molar-refractivity contribution in [1.82, 2.24) is 14.8 Å². The molecular formula is C29H30ClN3O. The molecule has 0 spiro atoms. The number of ketones is 1. The summed E-state index contributed by atoms with van der Waals surface area (Å²) < 4.78 is 0. The van der Waals surface area contributed by atoms with Gasteiger partial charge in [0.15, 0.2) is 5.78 Å². The fourth-order valence-corrected chi connectivity index (χ4v) is 4.50. The van der Waals surface area contributed by atoms with Crippen molar-refractivity contribution in [3.8, 4) is 11.8 Å². The van der Waals surface area contributed by atoms with Crippen molar-refractivity contribution in [3.63, 3.8) is 0 Å². The molecule has 0 saturated carbocycles. The number of halogens is 1. The Labute approximate surface area is 207 Å². The molecule has 1 aliphatic heterocycles. The van der Waals surface area contributed by atoms with Gasteiger partial charge < -0.3 is 4.90 Å². The van der Waals surface area contributed by atoms with Crippen molar-refractivity contribution < 1.29 is 4.79 Å². The summed E-state index contributed by atoms with van der Waals surface area (Å²) in [6.07, 6.45) is 4.95. The van der Waals surface area contributed by atoms with Crippen LogP contribution < -0.4 is 0 Å². The van der Waals surface area contributed by atoms with E-state index in [-0.39, 0.29) is 5.78 Å². The molecule has 4 nitrogen and oxygen atoms in total. The maximum absolute atomic E-state index is 13.0. The number of likely N-dealkylation sites (tertiary alicyclic amines) is 1. The largest absolute Gasteiger partial charge is 0.305 e. The Morgan fingerprint density at radius 3 is 2.74 bits per heavy atom. The van der Waals surface area contributed by atoms with Gasteiger partial charge in [0.25, 0.3) is 0 Å². The van der Waals surface area contributed by atoms with E-state index in [1.165, 1.54) is 6.42 Å². The molecule has 3 aromatic rings. The topological polar surface area (TPSA) is 36.4 Å². The van der Waals surface area contributed by atoms with E-state index in [9.17, 15) is 4.79 Å². The fraction of sp³-hybridized carbons (Fsp3) is 0.310. The number of Topliss-reactive ketones (excluding diaryl/α,β-unsaturated/α-hetero) is 1. The molecule has 174 valence electrons. The molecule has 0 radical (unpaired) electrons. The molecule has 1 saturated heterocycles. The van der Waals surface area contributed by atoms with Crippen LogP contribution in [0.5, 0.6) is 0 Å². The van der Waals surface area contributed by atoms with E-state index in [0.717, 1.165) is 52.5 Å². The predicted molar refractivity (Wildman–Crippen MR) is 138 cm³/mol. The molecule has 1 aromatic heterocycles. The van der Waals surface area contributed by atoms with Crippen LogP contribution in [0.1, 0.15) is 44.6 Å². The number of carbonyl (C=O) groups excluding carboxylic acids is 1. The van der Waals surface area contributed by atoms with E-state index in [0.29, 0.717) is 18.0 Å². The minimum absolute atomic E-state index is 0.0570. The average molecular weight is 472 g/mol. The first kappa shape index (κ1) is 24.2. The highest BCUT2D eigenvalue weighted by Gasteiger charge is 2.24. The van der Waals surface area contributed by atoms with E-state index in [1.54, 1.807) is 12.4 Å². The molecule has 0 N–H and O–H groups in total. The maximum Gasteiger partial charge on any atom is 0.167 e. The number of likely N-dealkylation sites (N-methyl/N-ethyl adjacent to an activating group) is 1. The van der Waals surface area contributed by atoms with Gasteiger partial charge >= 0.3 is 0 Å². The van der Waals surface area contributed by atoms with Crippen LogP contribution in [0.4, 0.5) is 0 Å². The summed E-state index contributed by atoms with van der Waals surface area (Å²) in [5.74, 6) is 6.36. The second-order valence-electron chi connectivity index (χ2n) is 9.19. The molecule has 5 heteroatoms. The molecule has 1 aliphatic rings. The van der Waals surface area contributed by atoms with Crippen LogP contribution in [-0.2, 0) is 13.0 Å². The maximum atomic E-state index is 13.0. The Balaban J connectivity index is 1.43. The van der Waals surface area contributed by atoms with Crippen LogP contribution in [0, 0.1) is 18.8 Å². The number of aromatic nitrogens is 1. The standard InChI is InChI=1S/C29H30ClN3O/c1-21-6-9-25(17-24(21)10-7-22-5-4-13-31-18-22)29(34)16-23-8-11-26(28(30)15-23)19-33-14-12-27(20-33)32(2)3/h4-6,8-9,11,13,15,17-18,27H,12,14,16,19-20H2,1-3H3/t27-/m0/s1. The zero-order chi connectivity index (χ0) is 24.1. The fourth-order valence-electron chi connectivity index (χ4n) is 4.24. The second-order valence-corrected chi connectivity index (χ2v) is 9.60. The number of benzene rings is 2. The molecule has 0 unspecified atom stereocenters. The third kappa shape index (κ3) is 6.12. The summed E-state index contributed by atoms with van der Waals surface area (Å²) in [4.78, 5) is 21.8. The minimum Gasteiger partial charge on any atom is -0.305 e. The van der Waals surface area contributed by atoms with Gasteiger partial charge in [0.1, 0.15) is 0 Å². The van der Waals surface area contributed by atoms with Gasteiger partial charge in [-0.3, -0.25) is 14.7 Å². The van der Waals surface area contributed by atoms with Gasteiger partial charge in [0.2, 0.25) is 0 Å². The van der Waals surface area contributed by atoms with Crippen molar-refractivity contribution in [2.45, 2.75) is 32.4 Å². The minimum atomic E-state index is 0.0570. The SMILES string of the molecule is Cc1ccc(C(=O)Cc2ccc(CN3CC[C@H](N(C)C)C3)c(Cl)c2)cc1C#Cc1cccnc1. The van der Waals surface area contributed by atoms with E-state index >= 15 is 0 Å². The molecule has 1 atom stereocenters. The van der Waals surface area contributed by atoms with E-state index in [2.05, 4.69) is 46.8 Å². The van der Waals surface area contributed by atoms with Gasteiger partial charge in [0.05, 0.1) is 0 Å². The quantitative estimate of drug-likeness (QED) is 0.374. The van der Waals surface area contributed by atoms with Crippen molar-refractivity contribution in [2.24, 2.45) is 0 Å². The number of rotatable bonds is 6. The molecule has 1 fully saturated rings. The normalized spacial score (nSPS) is 15.9. The molecule has 0 bridgehead atoms. The van der Waals surface area contributed by atoms with E-state index < -0.39 is 0 Å². The number of hydrogen-bond acceptors (Lipinski definition) is 4. The third-order valence-electron chi connectivity index (χ3n) is 6.42. The van der Waals surface area contributed by atoms with Gasteiger partial charge in [-0.25, -0.2) is 0 Å². The zero-order valence-electron chi connectivity index (χ0n) is 20.0. The van der Waals surface area contributed by atoms with Crippen LogP contribution in [0.15, 0.2) is 60.9 Å². The Hall–Kier alpha value is -2.97. The summed E-state index contributed by atoms with van der Waals surface area (Å²) in [7, 11) is 4.27. The first-order valence-corrected chi connectivity index (χ1v) is 12.0. The first-order chi connectivity index (χ1) is 16.4. The lowest BCUT2D eigenvalue weighted by Crippen LogP contribution is -2.31. The van der Waals surface area contributed by atoms with Crippen molar-refractivity contribution in [1.29, 1.82) is 0 Å². The van der Waals surface area contributed by atoms with Crippen LogP contribution in [0.25, 0.3) is 0 Å². The molecule has 0 amide bonds. The monoisotopic (exact) mass is 471 g/mol. The smallest absolute Gasteiger partial charge is 0.167 e. The lowest BCUT2D eigenvalue weighted by molar-refractivity contribution is 0.0993. The summed E-state index contributed by atoms with van der Waals surface area (Å²) in [5.41, 5.74) is 5.44. The zero-order valence-corrected chi connectivity index (χ0v) is 20.8. The Morgan fingerprint density at radius 1 is 1.18 bits per heavy atom. The van der Waals surface area contributed by atoms with E-state index in [4.69, 9.17) is 11.6 Å². The van der Waals surface area contributed by atoms with Crippen LogP contribution in [0.3, 0.4) is 0 Å². The molecule has 0 aliphatic carbocycles. The van der Waals surface area contributed by atoms with Gasteiger partial charge in [0, 0.05) is 66.2 Å². The number of nitrogens with zero attached hydrogens (tertiary/aromatic N) is 3. The van der Waals surface area contributed by atoms with Gasteiger partial charge in [-0.1, -0.05) is 47.7 Å². The summed E-state index contributed by atoms with van der Waals surface area (Å²) >= 11 is 6.61. The van der Waals surface area contributed by atoms with Gasteiger partial charge in [-0.15, -0.1) is 0 Å². The van der Waals surface area contributed by atoms with Crippen molar-refractivity contribution in [3.05, 3.63) is 99.3 Å². The second kappa shape index (κ2) is 11.0. The molecule has 4 rings (SSSR count). The van der Waals surface area contributed by atoms with Crippen LogP contribution in [0.2, 0.25) is 5.02 Å². The van der Waals surface area contributed by atoms with Crippen LogP contribution >= 0.6 is 11.6 Å². The Morgan fingerprint density at radius 2 is 2.03 bits per heavy atom.